The van der Waals surface area contributed by atoms with Gasteiger partial charge in [-0.05, 0) is 53.2 Å². The zero-order valence-corrected chi connectivity index (χ0v) is 13.4. The van der Waals surface area contributed by atoms with Crippen molar-refractivity contribution in [3.63, 3.8) is 0 Å². The second-order valence-corrected chi connectivity index (χ2v) is 5.57. The van der Waals surface area contributed by atoms with Gasteiger partial charge in [-0.25, -0.2) is 4.39 Å². The lowest BCUT2D eigenvalue weighted by Gasteiger charge is -2.16. The van der Waals surface area contributed by atoms with E-state index < -0.39 is 11.9 Å². The van der Waals surface area contributed by atoms with Crippen LogP contribution >= 0.6 is 27.5 Å². The summed E-state index contributed by atoms with van der Waals surface area (Å²) in [6.45, 7) is 1.62. The number of amides is 1. The molecule has 3 nitrogen and oxygen atoms in total. The predicted octanol–water partition coefficient (Wildman–Crippen LogP) is 4.65. The Morgan fingerprint density at radius 1 is 1.33 bits per heavy atom. The summed E-state index contributed by atoms with van der Waals surface area (Å²) in [7, 11) is 0. The minimum Gasteiger partial charge on any atom is -0.480 e. The largest absolute Gasteiger partial charge is 0.480 e. The van der Waals surface area contributed by atoms with E-state index in [1.807, 2.05) is 18.2 Å². The number of anilines is 1. The van der Waals surface area contributed by atoms with Gasteiger partial charge >= 0.3 is 0 Å². The van der Waals surface area contributed by atoms with Crippen molar-refractivity contribution < 1.29 is 13.9 Å². The Labute approximate surface area is 135 Å². The van der Waals surface area contributed by atoms with Crippen LogP contribution in [0.5, 0.6) is 5.75 Å². The zero-order chi connectivity index (χ0) is 15.4. The first-order valence-electron chi connectivity index (χ1n) is 6.14. The summed E-state index contributed by atoms with van der Waals surface area (Å²) >= 11 is 9.20. The third kappa shape index (κ3) is 4.19. The smallest absolute Gasteiger partial charge is 0.265 e. The monoisotopic (exact) mass is 371 g/mol. The molecule has 110 valence electrons. The number of benzene rings is 2. The second-order valence-electron chi connectivity index (χ2n) is 4.30. The molecule has 0 aliphatic carbocycles. The van der Waals surface area contributed by atoms with Crippen LogP contribution in [-0.4, -0.2) is 12.0 Å². The molecule has 21 heavy (non-hydrogen) atoms. The van der Waals surface area contributed by atoms with E-state index in [4.69, 9.17) is 16.3 Å². The van der Waals surface area contributed by atoms with Crippen molar-refractivity contribution in [1.29, 1.82) is 0 Å². The fourth-order valence-electron chi connectivity index (χ4n) is 1.61. The molecule has 0 aromatic heterocycles. The first-order chi connectivity index (χ1) is 9.97. The number of rotatable bonds is 4. The number of ether oxygens (including phenoxy) is 1. The number of nitrogens with one attached hydrogen (secondary N) is 1. The van der Waals surface area contributed by atoms with Crippen LogP contribution < -0.4 is 10.1 Å². The Morgan fingerprint density at radius 2 is 2.05 bits per heavy atom. The van der Waals surface area contributed by atoms with Gasteiger partial charge in [-0.3, -0.25) is 4.79 Å². The Morgan fingerprint density at radius 3 is 2.71 bits per heavy atom. The molecule has 2 aromatic carbocycles. The molecule has 0 spiro atoms. The summed E-state index contributed by atoms with van der Waals surface area (Å²) in [4.78, 5) is 12.1. The standard InChI is InChI=1S/C15H12BrClFNO2/c1-9(21-14-5-3-2-4-11(14)16)15(20)19-13-7-6-10(18)8-12(13)17/h2-9H,1H3,(H,19,20)/t9-/m1/s1. The lowest BCUT2D eigenvalue weighted by molar-refractivity contribution is -0.122. The summed E-state index contributed by atoms with van der Waals surface area (Å²) in [5.74, 6) is -0.278. The lowest BCUT2D eigenvalue weighted by atomic mass is 10.3. The summed E-state index contributed by atoms with van der Waals surface area (Å²) < 4.78 is 19.3. The van der Waals surface area contributed by atoms with Gasteiger partial charge < -0.3 is 10.1 Å². The lowest BCUT2D eigenvalue weighted by Crippen LogP contribution is -2.30. The third-order valence-corrected chi connectivity index (χ3v) is 3.67. The van der Waals surface area contributed by atoms with Crippen molar-refractivity contribution in [2.75, 3.05) is 5.32 Å². The normalized spacial score (nSPS) is 11.8. The maximum atomic E-state index is 12.9. The zero-order valence-electron chi connectivity index (χ0n) is 11.1. The van der Waals surface area contributed by atoms with Gasteiger partial charge in [0.2, 0.25) is 0 Å². The fraction of sp³-hybridized carbons (Fsp3) is 0.133. The highest BCUT2D eigenvalue weighted by molar-refractivity contribution is 9.10. The van der Waals surface area contributed by atoms with E-state index in [9.17, 15) is 9.18 Å². The van der Waals surface area contributed by atoms with Crippen molar-refractivity contribution in [1.82, 2.24) is 0 Å². The topological polar surface area (TPSA) is 38.3 Å². The van der Waals surface area contributed by atoms with Crippen LogP contribution in [0, 0.1) is 5.82 Å². The molecule has 0 heterocycles. The number of para-hydroxylation sites is 1. The van der Waals surface area contributed by atoms with E-state index >= 15 is 0 Å². The summed E-state index contributed by atoms with van der Waals surface area (Å²) in [6, 6.07) is 11.0. The minimum absolute atomic E-state index is 0.136. The van der Waals surface area contributed by atoms with Crippen LogP contribution in [-0.2, 0) is 4.79 Å². The SMILES string of the molecule is C[C@@H](Oc1ccccc1Br)C(=O)Nc1ccc(F)cc1Cl. The molecule has 2 aromatic rings. The highest BCUT2D eigenvalue weighted by Crippen LogP contribution is 2.26. The maximum absolute atomic E-state index is 12.9. The van der Waals surface area contributed by atoms with Crippen LogP contribution in [0.1, 0.15) is 6.92 Å². The van der Waals surface area contributed by atoms with E-state index in [1.54, 1.807) is 13.0 Å². The van der Waals surface area contributed by atoms with Gasteiger partial charge in [0.05, 0.1) is 15.2 Å². The fourth-order valence-corrected chi connectivity index (χ4v) is 2.20. The van der Waals surface area contributed by atoms with Gasteiger partial charge in [-0.1, -0.05) is 23.7 Å². The van der Waals surface area contributed by atoms with Crippen molar-refractivity contribution in [3.8, 4) is 5.75 Å². The molecule has 0 bridgehead atoms. The van der Waals surface area contributed by atoms with E-state index in [1.165, 1.54) is 12.1 Å². The highest BCUT2D eigenvalue weighted by atomic mass is 79.9. The van der Waals surface area contributed by atoms with Gasteiger partial charge in [-0.2, -0.15) is 0 Å². The van der Waals surface area contributed by atoms with Crippen LogP contribution in [0.15, 0.2) is 46.9 Å². The average molecular weight is 373 g/mol. The van der Waals surface area contributed by atoms with Crippen LogP contribution in [0.2, 0.25) is 5.02 Å². The second kappa shape index (κ2) is 6.91. The van der Waals surface area contributed by atoms with E-state index in [0.717, 1.165) is 10.5 Å². The predicted molar refractivity (Wildman–Crippen MR) is 84.3 cm³/mol. The molecule has 0 saturated carbocycles. The molecule has 0 aliphatic rings. The summed E-state index contributed by atoms with van der Waals surface area (Å²) in [6.07, 6.45) is -0.732. The molecule has 0 fully saturated rings. The van der Waals surface area contributed by atoms with Gasteiger partial charge in [-0.15, -0.1) is 0 Å². The molecule has 1 N–H and O–H groups in total. The Balaban J connectivity index is 2.04. The van der Waals surface area contributed by atoms with Crippen molar-refractivity contribution in [2.24, 2.45) is 0 Å². The van der Waals surface area contributed by atoms with E-state index in [-0.39, 0.29) is 10.9 Å². The molecule has 0 radical (unpaired) electrons. The van der Waals surface area contributed by atoms with Crippen molar-refractivity contribution in [2.45, 2.75) is 13.0 Å². The molecule has 6 heteroatoms. The quantitative estimate of drug-likeness (QED) is 0.848. The van der Waals surface area contributed by atoms with Crippen LogP contribution in [0.25, 0.3) is 0 Å². The molecule has 0 saturated heterocycles. The van der Waals surface area contributed by atoms with Crippen molar-refractivity contribution >= 4 is 39.1 Å². The first kappa shape index (κ1) is 15.8. The van der Waals surface area contributed by atoms with Gasteiger partial charge in [0.1, 0.15) is 11.6 Å². The van der Waals surface area contributed by atoms with Crippen molar-refractivity contribution in [3.05, 3.63) is 57.8 Å². The first-order valence-corrected chi connectivity index (χ1v) is 7.31. The third-order valence-electron chi connectivity index (χ3n) is 2.70. The number of hydrogen-bond acceptors (Lipinski definition) is 2. The summed E-state index contributed by atoms with van der Waals surface area (Å²) in [5.41, 5.74) is 0.339. The maximum Gasteiger partial charge on any atom is 0.265 e. The van der Waals surface area contributed by atoms with E-state index in [2.05, 4.69) is 21.2 Å². The molecule has 0 unspecified atom stereocenters. The van der Waals surface area contributed by atoms with Gasteiger partial charge in [0.15, 0.2) is 6.10 Å². The Kier molecular flexibility index (Phi) is 5.20. The number of carbonyl (C=O) groups is 1. The average Bonchev–Trinajstić information content (AvgIpc) is 2.44. The summed E-state index contributed by atoms with van der Waals surface area (Å²) in [5, 5.41) is 2.73. The minimum atomic E-state index is -0.732. The molecule has 1 atom stereocenters. The Hall–Kier alpha value is -1.59. The van der Waals surface area contributed by atoms with Crippen LogP contribution in [0.4, 0.5) is 10.1 Å². The van der Waals surface area contributed by atoms with E-state index in [0.29, 0.717) is 11.4 Å². The van der Waals surface area contributed by atoms with Crippen LogP contribution in [0.3, 0.4) is 0 Å². The molecule has 0 aliphatic heterocycles. The molecule has 1 amide bonds. The number of halogens is 3. The number of carbonyl (C=O) groups excluding carboxylic acids is 1. The molecule has 2 rings (SSSR count). The van der Waals surface area contributed by atoms with Gasteiger partial charge in [0, 0.05) is 0 Å². The molecular formula is C15H12BrClFNO2. The van der Waals surface area contributed by atoms with Gasteiger partial charge in [0.25, 0.3) is 5.91 Å². The molecular weight excluding hydrogens is 361 g/mol. The number of hydrogen-bond donors (Lipinski definition) is 1. The highest BCUT2D eigenvalue weighted by Gasteiger charge is 2.17. The Bertz CT molecular complexity index is 666.